The summed E-state index contributed by atoms with van der Waals surface area (Å²) in [5.41, 5.74) is 1.45. The van der Waals surface area contributed by atoms with Gasteiger partial charge in [-0.25, -0.2) is 4.79 Å². The van der Waals surface area contributed by atoms with Gasteiger partial charge in [-0.15, -0.1) is 0 Å². The number of carbonyl (C=O) groups is 1. The van der Waals surface area contributed by atoms with Crippen LogP contribution in [-0.4, -0.2) is 34.3 Å². The summed E-state index contributed by atoms with van der Waals surface area (Å²) in [6.07, 6.45) is 4.63. The molecule has 3 rings (SSSR count). The highest BCUT2D eigenvalue weighted by Gasteiger charge is 2.48. The average Bonchev–Trinajstić information content (AvgIpc) is 3.23. The van der Waals surface area contributed by atoms with Gasteiger partial charge < -0.3 is 14.7 Å². The van der Waals surface area contributed by atoms with E-state index in [4.69, 9.17) is 4.74 Å². The van der Waals surface area contributed by atoms with Crippen LogP contribution in [0, 0.1) is 0 Å². The topological polar surface area (TPSA) is 49.8 Å². The van der Waals surface area contributed by atoms with E-state index in [9.17, 15) is 9.90 Å². The molecule has 2 aromatic rings. The smallest absolute Gasteiger partial charge is 0.410 e. The number of rotatable bonds is 5. The van der Waals surface area contributed by atoms with Crippen LogP contribution in [0.2, 0.25) is 0 Å². The molecule has 1 N–H and O–H groups in total. The molecule has 2 aromatic carbocycles. The summed E-state index contributed by atoms with van der Waals surface area (Å²) in [6, 6.07) is 14.9. The first-order chi connectivity index (χ1) is 14.2. The Morgan fingerprint density at radius 3 is 1.87 bits per heavy atom. The molecule has 0 radical (unpaired) electrons. The highest BCUT2D eigenvalue weighted by atomic mass is 16.6. The number of likely N-dealkylation sites (tertiary alicyclic amines) is 1. The van der Waals surface area contributed by atoms with E-state index in [0.29, 0.717) is 13.0 Å². The third kappa shape index (κ3) is 4.34. The molecule has 1 atom stereocenters. The number of aliphatic hydroxyl groups is 1. The fraction of sp³-hybridized carbons (Fsp3) is 0.346. The molecule has 0 unspecified atom stereocenters. The maximum absolute atomic E-state index is 12.9. The SMILES string of the molecule is C=Cc1ccc(C(O)(c2ccc(C=C)cc2)[C@@H]2CCCN2C(=O)OC(C)(C)C)cc1. The van der Waals surface area contributed by atoms with Gasteiger partial charge in [0.05, 0.1) is 6.04 Å². The zero-order valence-corrected chi connectivity index (χ0v) is 18.1. The zero-order valence-electron chi connectivity index (χ0n) is 18.1. The summed E-state index contributed by atoms with van der Waals surface area (Å²) in [7, 11) is 0. The van der Waals surface area contributed by atoms with Gasteiger partial charge in [-0.1, -0.05) is 73.8 Å². The minimum Gasteiger partial charge on any atom is -0.444 e. The number of carbonyl (C=O) groups excluding carboxylic acids is 1. The second-order valence-corrected chi connectivity index (χ2v) is 8.75. The highest BCUT2D eigenvalue weighted by Crippen LogP contribution is 2.41. The Balaban J connectivity index is 2.08. The van der Waals surface area contributed by atoms with Gasteiger partial charge in [-0.2, -0.15) is 0 Å². The molecule has 1 aliphatic rings. The van der Waals surface area contributed by atoms with Crippen LogP contribution in [0.15, 0.2) is 61.7 Å². The number of hydrogen-bond acceptors (Lipinski definition) is 3. The van der Waals surface area contributed by atoms with E-state index >= 15 is 0 Å². The lowest BCUT2D eigenvalue weighted by Gasteiger charge is -2.40. The van der Waals surface area contributed by atoms with E-state index in [1.807, 2.05) is 69.3 Å². The molecule has 1 aliphatic heterocycles. The maximum Gasteiger partial charge on any atom is 0.410 e. The number of benzene rings is 2. The van der Waals surface area contributed by atoms with Crippen molar-refractivity contribution >= 4 is 18.2 Å². The third-order valence-electron chi connectivity index (χ3n) is 5.54. The van der Waals surface area contributed by atoms with Crippen LogP contribution in [0.5, 0.6) is 0 Å². The Hall–Kier alpha value is -2.85. The fourth-order valence-corrected chi connectivity index (χ4v) is 4.04. The van der Waals surface area contributed by atoms with E-state index in [0.717, 1.165) is 28.7 Å². The first kappa shape index (κ1) is 21.8. The first-order valence-corrected chi connectivity index (χ1v) is 10.4. The highest BCUT2D eigenvalue weighted by molar-refractivity contribution is 5.69. The lowest BCUT2D eigenvalue weighted by atomic mass is 9.78. The van der Waals surface area contributed by atoms with Crippen molar-refractivity contribution in [3.8, 4) is 0 Å². The largest absolute Gasteiger partial charge is 0.444 e. The lowest BCUT2D eigenvalue weighted by Crippen LogP contribution is -2.51. The van der Waals surface area contributed by atoms with Crippen molar-refractivity contribution in [2.24, 2.45) is 0 Å². The second kappa shape index (κ2) is 8.49. The Morgan fingerprint density at radius 2 is 1.47 bits per heavy atom. The van der Waals surface area contributed by atoms with Gasteiger partial charge in [0.1, 0.15) is 11.2 Å². The Bertz CT molecular complexity index is 855. The van der Waals surface area contributed by atoms with Gasteiger partial charge in [0, 0.05) is 6.54 Å². The van der Waals surface area contributed by atoms with E-state index in [1.165, 1.54) is 0 Å². The van der Waals surface area contributed by atoms with Crippen LogP contribution in [0.25, 0.3) is 12.2 Å². The fourth-order valence-electron chi connectivity index (χ4n) is 4.04. The Kier molecular flexibility index (Phi) is 6.18. The molecule has 1 heterocycles. The molecule has 158 valence electrons. The number of nitrogens with zero attached hydrogens (tertiary/aromatic N) is 1. The summed E-state index contributed by atoms with van der Waals surface area (Å²) < 4.78 is 5.64. The van der Waals surface area contributed by atoms with Crippen LogP contribution in [0.4, 0.5) is 4.79 Å². The number of amides is 1. The first-order valence-electron chi connectivity index (χ1n) is 10.4. The van der Waals surface area contributed by atoms with Crippen molar-refractivity contribution in [3.63, 3.8) is 0 Å². The second-order valence-electron chi connectivity index (χ2n) is 8.75. The predicted molar refractivity (Wildman–Crippen MR) is 122 cm³/mol. The van der Waals surface area contributed by atoms with E-state index in [2.05, 4.69) is 13.2 Å². The van der Waals surface area contributed by atoms with Gasteiger partial charge in [-0.05, 0) is 55.9 Å². The molecule has 0 saturated carbocycles. The molecule has 4 heteroatoms. The number of hydrogen-bond donors (Lipinski definition) is 1. The Morgan fingerprint density at radius 1 is 1.00 bits per heavy atom. The molecular weight excluding hydrogens is 374 g/mol. The summed E-state index contributed by atoms with van der Waals surface area (Å²) >= 11 is 0. The van der Waals surface area contributed by atoms with Crippen molar-refractivity contribution in [3.05, 3.63) is 83.9 Å². The summed E-state index contributed by atoms with van der Waals surface area (Å²) in [5, 5.41) is 12.2. The zero-order chi connectivity index (χ0) is 21.9. The van der Waals surface area contributed by atoms with E-state index in [-0.39, 0.29) is 0 Å². The molecule has 1 saturated heterocycles. The van der Waals surface area contributed by atoms with Crippen LogP contribution in [0.1, 0.15) is 55.9 Å². The monoisotopic (exact) mass is 405 g/mol. The quantitative estimate of drug-likeness (QED) is 0.704. The van der Waals surface area contributed by atoms with Crippen molar-refractivity contribution < 1.29 is 14.6 Å². The minimum absolute atomic E-state index is 0.395. The van der Waals surface area contributed by atoms with Crippen LogP contribution in [0.3, 0.4) is 0 Å². The molecule has 0 bridgehead atoms. The van der Waals surface area contributed by atoms with E-state index in [1.54, 1.807) is 17.1 Å². The van der Waals surface area contributed by atoms with Crippen LogP contribution < -0.4 is 0 Å². The summed E-state index contributed by atoms with van der Waals surface area (Å²) in [5.74, 6) is 0. The molecule has 0 spiro atoms. The normalized spacial score (nSPS) is 16.9. The lowest BCUT2D eigenvalue weighted by molar-refractivity contribution is -0.0249. The molecule has 1 fully saturated rings. The van der Waals surface area contributed by atoms with Gasteiger partial charge in [0.2, 0.25) is 0 Å². The van der Waals surface area contributed by atoms with Crippen LogP contribution in [-0.2, 0) is 10.3 Å². The van der Waals surface area contributed by atoms with Crippen molar-refractivity contribution in [1.29, 1.82) is 0 Å². The summed E-state index contributed by atoms with van der Waals surface area (Å²) in [6.45, 7) is 13.7. The van der Waals surface area contributed by atoms with Crippen molar-refractivity contribution in [2.45, 2.75) is 50.9 Å². The van der Waals surface area contributed by atoms with Gasteiger partial charge in [-0.3, -0.25) is 0 Å². The predicted octanol–water partition coefficient (Wildman–Crippen LogP) is 5.61. The molecule has 1 amide bonds. The standard InChI is InChI=1S/C26H31NO3/c1-6-19-10-14-21(15-11-19)26(29,22-16-12-20(7-2)13-17-22)23-9-8-18-27(23)24(28)30-25(3,4)5/h6-7,10-17,23,29H,1-2,8-9,18H2,3-5H3/t23-/m0/s1. The summed E-state index contributed by atoms with van der Waals surface area (Å²) in [4.78, 5) is 14.6. The number of ether oxygens (including phenoxy) is 1. The molecule has 0 aromatic heterocycles. The molecule has 30 heavy (non-hydrogen) atoms. The van der Waals surface area contributed by atoms with Gasteiger partial charge in [0.25, 0.3) is 0 Å². The molecular formula is C26H31NO3. The van der Waals surface area contributed by atoms with Gasteiger partial charge in [0.15, 0.2) is 0 Å². The van der Waals surface area contributed by atoms with Crippen molar-refractivity contribution in [1.82, 2.24) is 4.90 Å². The maximum atomic E-state index is 12.9. The molecule has 0 aliphatic carbocycles. The molecule has 4 nitrogen and oxygen atoms in total. The minimum atomic E-state index is -1.37. The Labute approximate surface area is 179 Å². The average molecular weight is 406 g/mol. The van der Waals surface area contributed by atoms with Gasteiger partial charge >= 0.3 is 6.09 Å². The van der Waals surface area contributed by atoms with Crippen molar-refractivity contribution in [2.75, 3.05) is 6.54 Å². The third-order valence-corrected chi connectivity index (χ3v) is 5.54. The van der Waals surface area contributed by atoms with E-state index < -0.39 is 23.3 Å². The van der Waals surface area contributed by atoms with Crippen LogP contribution >= 0.6 is 0 Å².